The number of rotatable bonds is 2. The Morgan fingerprint density at radius 1 is 0.696 bits per heavy atom. The van der Waals surface area contributed by atoms with Crippen LogP contribution in [0.25, 0.3) is 0 Å². The summed E-state index contributed by atoms with van der Waals surface area (Å²) in [5.74, 6) is 1.68. The van der Waals surface area contributed by atoms with Crippen molar-refractivity contribution >= 4 is 42.0 Å². The van der Waals surface area contributed by atoms with Crippen LogP contribution in [0.3, 0.4) is 0 Å². The minimum atomic E-state index is 0.840. The Labute approximate surface area is 158 Å². The third-order valence-electron chi connectivity index (χ3n) is 3.42. The third-order valence-corrected chi connectivity index (χ3v) is 3.42. The first kappa shape index (κ1) is 16.4. The van der Waals surface area contributed by atoms with Crippen molar-refractivity contribution in [3.63, 3.8) is 0 Å². The number of halogens is 1. The van der Waals surface area contributed by atoms with E-state index in [1.54, 1.807) is 12.4 Å². The molecule has 0 bridgehead atoms. The van der Waals surface area contributed by atoms with Crippen LogP contribution in [0.2, 0.25) is 0 Å². The normalized spacial score (nSPS) is 12.5. The number of hydrogen-bond acceptors (Lipinski definition) is 4. The van der Waals surface area contributed by atoms with Crippen LogP contribution in [-0.4, -0.2) is 9.97 Å². The Kier molecular flexibility index (Phi) is 5.66. The van der Waals surface area contributed by atoms with Crippen molar-refractivity contribution in [1.29, 1.82) is 0 Å². The summed E-state index contributed by atoms with van der Waals surface area (Å²) in [5.41, 5.74) is 2.13. The number of fused-ring (bicyclic) bond motifs is 1. The van der Waals surface area contributed by atoms with Gasteiger partial charge in [-0.3, -0.25) is 0 Å². The third kappa shape index (κ3) is 3.42. The van der Waals surface area contributed by atoms with E-state index in [0.717, 1.165) is 23.0 Å². The van der Waals surface area contributed by atoms with Gasteiger partial charge in [-0.1, -0.05) is 36.4 Å². The van der Waals surface area contributed by atoms with Crippen LogP contribution < -0.4 is 9.80 Å². The molecule has 0 N–H and O–H groups in total. The smallest absolute Gasteiger partial charge is 0.145 e. The molecule has 1 aliphatic heterocycles. The van der Waals surface area contributed by atoms with Gasteiger partial charge in [0, 0.05) is 23.8 Å². The number of hydrogen-bond donors (Lipinski definition) is 0. The van der Waals surface area contributed by atoms with E-state index in [-0.39, 0.29) is 0 Å². The van der Waals surface area contributed by atoms with E-state index in [0.29, 0.717) is 0 Å². The summed E-state index contributed by atoms with van der Waals surface area (Å²) in [6, 6.07) is 20.3. The Morgan fingerprint density at radius 3 is 1.48 bits per heavy atom. The molecule has 0 saturated carbocycles. The van der Waals surface area contributed by atoms with Gasteiger partial charge in [-0.25, -0.2) is 9.97 Å². The largest absolute Gasteiger partial charge is 0.456 e. The predicted molar refractivity (Wildman–Crippen MR) is 97.5 cm³/mol. The van der Waals surface area contributed by atoms with Gasteiger partial charge in [-0.2, -0.15) is 0 Å². The monoisotopic (exact) mass is 507 g/mol. The first-order valence-corrected chi connectivity index (χ1v) is 11.3. The molecule has 3 aromatic rings. The fraction of sp³-hybridized carbons (Fsp3) is 0. The molecule has 1 aliphatic rings. The SMILES string of the molecule is [Ag][I].c1ccc(N2[CH-]N(c3ccccc3)c3nccnc32)cc1. The summed E-state index contributed by atoms with van der Waals surface area (Å²) in [4.78, 5) is 13.1. The number of benzene rings is 2. The van der Waals surface area contributed by atoms with Crippen LogP contribution in [0.15, 0.2) is 73.1 Å². The molecule has 0 spiro atoms. The van der Waals surface area contributed by atoms with E-state index in [1.165, 1.54) is 0 Å². The molecule has 0 fully saturated rings. The van der Waals surface area contributed by atoms with E-state index in [4.69, 9.17) is 0 Å². The molecule has 6 heteroatoms. The minimum absolute atomic E-state index is 0.840. The number of para-hydroxylation sites is 2. The zero-order chi connectivity index (χ0) is 16.1. The maximum absolute atomic E-state index is 4.48. The molecule has 2 heterocycles. The van der Waals surface area contributed by atoms with Gasteiger partial charge in [0.05, 0.1) is 0 Å². The van der Waals surface area contributed by atoms with E-state index in [9.17, 15) is 0 Å². The van der Waals surface area contributed by atoms with Crippen LogP contribution in [0.4, 0.5) is 23.0 Å². The van der Waals surface area contributed by atoms with E-state index >= 15 is 0 Å². The second-order valence-electron chi connectivity index (χ2n) is 4.73. The molecule has 0 unspecified atom stereocenters. The average Bonchev–Trinajstić information content (AvgIpc) is 3.05. The quantitative estimate of drug-likeness (QED) is 0.284. The summed E-state index contributed by atoms with van der Waals surface area (Å²) < 4.78 is 0. The maximum Gasteiger partial charge on any atom is 0.145 e. The Hall–Kier alpha value is -1.41. The predicted octanol–water partition coefficient (Wildman–Crippen LogP) is 4.77. The zero-order valence-electron chi connectivity index (χ0n) is 12.0. The van der Waals surface area contributed by atoms with Crippen LogP contribution in [0.5, 0.6) is 0 Å². The molecule has 2 aromatic carbocycles. The molecular weight excluding hydrogens is 495 g/mol. The number of anilines is 4. The van der Waals surface area contributed by atoms with Gasteiger partial charge in [0.2, 0.25) is 0 Å². The van der Waals surface area contributed by atoms with Crippen LogP contribution in [0.1, 0.15) is 0 Å². The van der Waals surface area contributed by atoms with Gasteiger partial charge in [0.15, 0.2) is 0 Å². The van der Waals surface area contributed by atoms with E-state index in [1.807, 2.05) is 62.1 Å². The van der Waals surface area contributed by atoms with E-state index < -0.39 is 0 Å². The van der Waals surface area contributed by atoms with Gasteiger partial charge in [0.1, 0.15) is 11.6 Å². The second-order valence-corrected chi connectivity index (χ2v) is 4.73. The van der Waals surface area contributed by atoms with Gasteiger partial charge < -0.3 is 9.80 Å². The second kappa shape index (κ2) is 7.92. The van der Waals surface area contributed by atoms with Crippen LogP contribution in [0, 0.1) is 6.67 Å². The minimum Gasteiger partial charge on any atom is -0.456 e. The summed E-state index contributed by atoms with van der Waals surface area (Å²) in [6.07, 6.45) is 3.44. The topological polar surface area (TPSA) is 32.3 Å². The van der Waals surface area contributed by atoms with E-state index in [2.05, 4.69) is 61.3 Å². The summed E-state index contributed by atoms with van der Waals surface area (Å²) in [5, 5.41) is 0. The molecule has 4 nitrogen and oxygen atoms in total. The Balaban J connectivity index is 0.000000753. The number of aromatic nitrogens is 2. The van der Waals surface area contributed by atoms with Gasteiger partial charge >= 0.3 is 36.3 Å². The molecule has 0 atom stereocenters. The molecule has 0 aliphatic carbocycles. The molecular formula is C17H13AgIN4-. The zero-order valence-corrected chi connectivity index (χ0v) is 15.6. The molecule has 4 rings (SSSR count). The summed E-state index contributed by atoms with van der Waals surface area (Å²) >= 11 is 4.88. The first-order chi connectivity index (χ1) is 11.4. The van der Waals surface area contributed by atoms with Crippen molar-refractivity contribution < 1.29 is 17.3 Å². The van der Waals surface area contributed by atoms with Crippen molar-refractivity contribution in [2.24, 2.45) is 0 Å². The van der Waals surface area contributed by atoms with Crippen molar-refractivity contribution in [2.45, 2.75) is 0 Å². The molecule has 1 aromatic heterocycles. The number of nitrogens with zero attached hydrogens (tertiary/aromatic N) is 4. The fourth-order valence-corrected chi connectivity index (χ4v) is 2.44. The van der Waals surface area contributed by atoms with Crippen molar-refractivity contribution in [2.75, 3.05) is 9.80 Å². The van der Waals surface area contributed by atoms with Gasteiger partial charge in [-0.15, -0.1) is 6.67 Å². The van der Waals surface area contributed by atoms with Gasteiger partial charge in [0.25, 0.3) is 0 Å². The summed E-state index contributed by atoms with van der Waals surface area (Å²) in [7, 11) is 0. The maximum atomic E-state index is 4.48. The average molecular weight is 508 g/mol. The first-order valence-electron chi connectivity index (χ1n) is 6.89. The molecule has 0 saturated heterocycles. The fourth-order valence-electron chi connectivity index (χ4n) is 2.44. The summed E-state index contributed by atoms with van der Waals surface area (Å²) in [6.45, 7) is 2.02. The molecule has 23 heavy (non-hydrogen) atoms. The molecule has 0 amide bonds. The van der Waals surface area contributed by atoms with Crippen molar-refractivity contribution in [3.05, 3.63) is 79.7 Å². The van der Waals surface area contributed by atoms with Crippen molar-refractivity contribution in [3.8, 4) is 0 Å². The van der Waals surface area contributed by atoms with Crippen LogP contribution >= 0.6 is 19.0 Å². The standard InChI is InChI=1S/C17H13N4.Ag.HI/c1-3-7-14(8-4-1)20-13-21(15-9-5-2-6-10-15)17-16(20)18-11-12-19-17;;/h1-13H;;1H/q-1;+1;/p-1. The van der Waals surface area contributed by atoms with Crippen LogP contribution in [-0.2, 0) is 17.3 Å². The van der Waals surface area contributed by atoms with Gasteiger partial charge in [-0.05, 0) is 24.3 Å². The Morgan fingerprint density at radius 2 is 1.09 bits per heavy atom. The Bertz CT molecular complexity index is 690. The molecule has 0 radical (unpaired) electrons. The van der Waals surface area contributed by atoms with Crippen molar-refractivity contribution in [1.82, 2.24) is 9.97 Å². The molecule has 120 valence electrons.